The molecule has 0 aliphatic heterocycles. The van der Waals surface area contributed by atoms with Crippen molar-refractivity contribution in [2.24, 2.45) is 17.3 Å². The van der Waals surface area contributed by atoms with Crippen LogP contribution < -0.4 is 0 Å². The normalized spacial score (nSPS) is 37.2. The van der Waals surface area contributed by atoms with Gasteiger partial charge >= 0.3 is 0 Å². The molecule has 0 fully saturated rings. The molecule has 2 bridgehead atoms. The van der Waals surface area contributed by atoms with E-state index in [1.807, 2.05) is 0 Å². The minimum atomic E-state index is 0.292. The van der Waals surface area contributed by atoms with E-state index in [0.29, 0.717) is 17.3 Å². The van der Waals surface area contributed by atoms with Crippen molar-refractivity contribution >= 4 is 0 Å². The van der Waals surface area contributed by atoms with Gasteiger partial charge in [-0.1, -0.05) is 62.5 Å². The molecule has 0 saturated heterocycles. The maximum absolute atomic E-state index is 2.38. The standard InChI is InChI=1S/C15H20/c1-15(2)13-9-5-3-4-6-10-14(15)12-8-7-11-13/h5-14H,3-4H2,1-2H3/b9-5-,10-6-. The van der Waals surface area contributed by atoms with Crippen LogP contribution in [0.25, 0.3) is 0 Å². The highest BCUT2D eigenvalue weighted by Crippen LogP contribution is 2.40. The smallest absolute Gasteiger partial charge is 0.000950 e. The Morgan fingerprint density at radius 2 is 1.27 bits per heavy atom. The molecule has 0 radical (unpaired) electrons. The number of hydrogen-bond acceptors (Lipinski definition) is 0. The maximum Gasteiger partial charge on any atom is 0.000950 e. The van der Waals surface area contributed by atoms with Crippen molar-refractivity contribution in [1.29, 1.82) is 0 Å². The van der Waals surface area contributed by atoms with Gasteiger partial charge in [0.25, 0.3) is 0 Å². The van der Waals surface area contributed by atoms with E-state index in [0.717, 1.165) is 0 Å². The fraction of sp³-hybridized carbons (Fsp3) is 0.467. The second-order valence-electron chi connectivity index (χ2n) is 5.08. The van der Waals surface area contributed by atoms with E-state index >= 15 is 0 Å². The molecule has 0 N–H and O–H groups in total. The molecule has 2 atom stereocenters. The topological polar surface area (TPSA) is 0 Å². The van der Waals surface area contributed by atoms with E-state index in [1.165, 1.54) is 12.8 Å². The average Bonchev–Trinajstić information content (AvgIpc) is 2.25. The van der Waals surface area contributed by atoms with Crippen LogP contribution in [-0.4, -0.2) is 0 Å². The van der Waals surface area contributed by atoms with Crippen molar-refractivity contribution in [3.05, 3.63) is 48.6 Å². The van der Waals surface area contributed by atoms with Crippen LogP contribution in [0.5, 0.6) is 0 Å². The predicted octanol–water partition coefficient (Wildman–Crippen LogP) is 4.28. The first-order chi connectivity index (χ1) is 7.21. The van der Waals surface area contributed by atoms with Crippen molar-refractivity contribution < 1.29 is 0 Å². The first-order valence-electron chi connectivity index (χ1n) is 5.89. The van der Waals surface area contributed by atoms with Gasteiger partial charge in [-0.3, -0.25) is 0 Å². The second kappa shape index (κ2) is 4.22. The Morgan fingerprint density at radius 1 is 0.800 bits per heavy atom. The Hall–Kier alpha value is -1.04. The van der Waals surface area contributed by atoms with Crippen LogP contribution >= 0.6 is 0 Å². The molecule has 0 aromatic carbocycles. The minimum absolute atomic E-state index is 0.292. The van der Waals surface area contributed by atoms with Crippen molar-refractivity contribution in [1.82, 2.24) is 0 Å². The molecule has 0 spiro atoms. The second-order valence-corrected chi connectivity index (χ2v) is 5.08. The van der Waals surface area contributed by atoms with E-state index in [2.05, 4.69) is 62.5 Å². The summed E-state index contributed by atoms with van der Waals surface area (Å²) in [6, 6.07) is 0. The summed E-state index contributed by atoms with van der Waals surface area (Å²) in [4.78, 5) is 0. The molecule has 0 saturated carbocycles. The number of allylic oxidation sites excluding steroid dienone is 8. The largest absolute Gasteiger partial charge is 0.0876 e. The van der Waals surface area contributed by atoms with Gasteiger partial charge in [0.05, 0.1) is 0 Å². The Morgan fingerprint density at radius 3 is 1.73 bits per heavy atom. The first-order valence-corrected chi connectivity index (χ1v) is 5.89. The average molecular weight is 200 g/mol. The summed E-state index contributed by atoms with van der Waals surface area (Å²) in [7, 11) is 0. The molecule has 0 nitrogen and oxygen atoms in total. The van der Waals surface area contributed by atoms with E-state index in [9.17, 15) is 0 Å². The van der Waals surface area contributed by atoms with Crippen molar-refractivity contribution in [2.75, 3.05) is 0 Å². The van der Waals surface area contributed by atoms with Gasteiger partial charge in [0.1, 0.15) is 0 Å². The molecule has 2 aliphatic rings. The van der Waals surface area contributed by atoms with E-state index in [4.69, 9.17) is 0 Å². The molecule has 0 aromatic heterocycles. The zero-order chi connectivity index (χ0) is 10.7. The van der Waals surface area contributed by atoms with Gasteiger partial charge in [-0.05, 0) is 18.3 Å². The highest BCUT2D eigenvalue weighted by atomic mass is 14.4. The monoisotopic (exact) mass is 200 g/mol. The van der Waals surface area contributed by atoms with Crippen molar-refractivity contribution in [3.63, 3.8) is 0 Å². The van der Waals surface area contributed by atoms with Gasteiger partial charge in [0, 0.05) is 11.8 Å². The summed E-state index contributed by atoms with van der Waals surface area (Å²) in [6.07, 6.45) is 20.8. The molecule has 0 amide bonds. The summed E-state index contributed by atoms with van der Waals surface area (Å²) in [5, 5.41) is 0. The van der Waals surface area contributed by atoms with Crippen LogP contribution in [0.4, 0.5) is 0 Å². The van der Waals surface area contributed by atoms with Gasteiger partial charge in [0.15, 0.2) is 0 Å². The SMILES string of the molecule is CC1(C)C2C=CC=CC1/C=C\CC/C=C\2. The summed E-state index contributed by atoms with van der Waals surface area (Å²) in [5.41, 5.74) is 0.292. The van der Waals surface area contributed by atoms with Crippen molar-refractivity contribution in [2.45, 2.75) is 26.7 Å². The number of fused-ring (bicyclic) bond motifs is 2. The molecule has 0 heterocycles. The fourth-order valence-electron chi connectivity index (χ4n) is 2.39. The Bertz CT molecular complexity index is 294. The lowest BCUT2D eigenvalue weighted by Crippen LogP contribution is -2.27. The Kier molecular flexibility index (Phi) is 2.95. The molecule has 0 heteroatoms. The molecule has 2 unspecified atom stereocenters. The fourth-order valence-corrected chi connectivity index (χ4v) is 2.39. The van der Waals surface area contributed by atoms with Gasteiger partial charge in [-0.25, -0.2) is 0 Å². The van der Waals surface area contributed by atoms with Crippen LogP contribution in [0.2, 0.25) is 0 Å². The lowest BCUT2D eigenvalue weighted by Gasteiger charge is -2.34. The number of rotatable bonds is 0. The summed E-state index contributed by atoms with van der Waals surface area (Å²) >= 11 is 0. The summed E-state index contributed by atoms with van der Waals surface area (Å²) < 4.78 is 0. The third-order valence-electron chi connectivity index (χ3n) is 3.65. The van der Waals surface area contributed by atoms with Crippen molar-refractivity contribution in [3.8, 4) is 0 Å². The molecular formula is C15H20. The lowest BCUT2D eigenvalue weighted by atomic mass is 9.69. The molecule has 0 aromatic rings. The summed E-state index contributed by atoms with van der Waals surface area (Å²) in [6.45, 7) is 4.73. The Labute approximate surface area is 93.1 Å². The predicted molar refractivity (Wildman–Crippen MR) is 66.6 cm³/mol. The van der Waals surface area contributed by atoms with Gasteiger partial charge in [-0.2, -0.15) is 0 Å². The van der Waals surface area contributed by atoms with Crippen LogP contribution in [0.15, 0.2) is 48.6 Å². The Balaban J connectivity index is 2.40. The highest BCUT2D eigenvalue weighted by molar-refractivity contribution is 5.23. The molecule has 2 rings (SSSR count). The third-order valence-corrected chi connectivity index (χ3v) is 3.65. The molecular weight excluding hydrogens is 180 g/mol. The minimum Gasteiger partial charge on any atom is -0.0876 e. The summed E-state index contributed by atoms with van der Waals surface area (Å²) in [5.74, 6) is 1.11. The maximum atomic E-state index is 2.38. The highest BCUT2D eigenvalue weighted by Gasteiger charge is 2.32. The molecule has 80 valence electrons. The van der Waals surface area contributed by atoms with E-state index in [1.54, 1.807) is 0 Å². The molecule has 2 aliphatic carbocycles. The van der Waals surface area contributed by atoms with Crippen LogP contribution in [0, 0.1) is 17.3 Å². The number of hydrogen-bond donors (Lipinski definition) is 0. The van der Waals surface area contributed by atoms with Crippen LogP contribution in [0.3, 0.4) is 0 Å². The van der Waals surface area contributed by atoms with Gasteiger partial charge < -0.3 is 0 Å². The zero-order valence-electron chi connectivity index (χ0n) is 9.69. The van der Waals surface area contributed by atoms with E-state index < -0.39 is 0 Å². The van der Waals surface area contributed by atoms with E-state index in [-0.39, 0.29) is 0 Å². The van der Waals surface area contributed by atoms with Gasteiger partial charge in [-0.15, -0.1) is 0 Å². The lowest BCUT2D eigenvalue weighted by molar-refractivity contribution is 0.251. The first kappa shape index (κ1) is 10.5. The van der Waals surface area contributed by atoms with Crippen LogP contribution in [0.1, 0.15) is 26.7 Å². The van der Waals surface area contributed by atoms with Gasteiger partial charge in [0.2, 0.25) is 0 Å². The third kappa shape index (κ3) is 2.14. The molecule has 15 heavy (non-hydrogen) atoms. The van der Waals surface area contributed by atoms with Crippen LogP contribution in [-0.2, 0) is 0 Å². The quantitative estimate of drug-likeness (QED) is 0.512. The zero-order valence-corrected chi connectivity index (χ0v) is 9.69.